The van der Waals surface area contributed by atoms with Crippen LogP contribution in [0.5, 0.6) is 0 Å². The first-order valence-corrected chi connectivity index (χ1v) is 4.37. The number of likely N-dealkylation sites (N-methyl/N-ethyl adjacent to an activating group) is 1. The van der Waals surface area contributed by atoms with E-state index in [1.54, 1.807) is 0 Å². The number of nitrogens with one attached hydrogen (secondary N) is 1. The maximum atomic E-state index is 4.08. The zero-order valence-corrected chi connectivity index (χ0v) is 8.22. The molecule has 0 aromatic heterocycles. The summed E-state index contributed by atoms with van der Waals surface area (Å²) in [5.41, 5.74) is 1.12. The van der Waals surface area contributed by atoms with Gasteiger partial charge >= 0.3 is 0 Å². The summed E-state index contributed by atoms with van der Waals surface area (Å²) in [6.45, 7) is 9.42. The number of hydrogen-bond acceptors (Lipinski definition) is 2. The molecule has 0 unspecified atom stereocenters. The van der Waals surface area contributed by atoms with Crippen molar-refractivity contribution >= 4 is 0 Å². The third kappa shape index (κ3) is 1.81. The van der Waals surface area contributed by atoms with Crippen LogP contribution in [0.25, 0.3) is 0 Å². The predicted molar refractivity (Wildman–Crippen MR) is 52.7 cm³/mol. The molecule has 1 aliphatic heterocycles. The Morgan fingerprint density at radius 3 is 2.92 bits per heavy atom. The van der Waals surface area contributed by atoms with E-state index in [1.165, 1.54) is 0 Å². The van der Waals surface area contributed by atoms with E-state index in [4.69, 9.17) is 0 Å². The summed E-state index contributed by atoms with van der Waals surface area (Å²) in [5.74, 6) is 0. The Labute approximate surface area is 74.9 Å². The SMILES string of the molecule is C=C1N(C)CC/C=C\NC1(C)C. The molecule has 0 saturated heterocycles. The van der Waals surface area contributed by atoms with E-state index < -0.39 is 0 Å². The molecule has 0 aromatic rings. The molecule has 0 spiro atoms. The lowest BCUT2D eigenvalue weighted by atomic mass is 10.00. The smallest absolute Gasteiger partial charge is 0.0704 e. The van der Waals surface area contributed by atoms with Crippen LogP contribution in [-0.2, 0) is 0 Å². The Morgan fingerprint density at radius 2 is 2.25 bits per heavy atom. The van der Waals surface area contributed by atoms with Crippen molar-refractivity contribution in [3.8, 4) is 0 Å². The summed E-state index contributed by atoms with van der Waals surface area (Å²) >= 11 is 0. The van der Waals surface area contributed by atoms with Gasteiger partial charge in [-0.1, -0.05) is 12.7 Å². The van der Waals surface area contributed by atoms with Crippen molar-refractivity contribution in [2.24, 2.45) is 0 Å². The monoisotopic (exact) mass is 166 g/mol. The Hall–Kier alpha value is -0.920. The van der Waals surface area contributed by atoms with Crippen molar-refractivity contribution in [3.63, 3.8) is 0 Å². The first kappa shape index (κ1) is 9.17. The molecule has 68 valence electrons. The summed E-state index contributed by atoms with van der Waals surface area (Å²) in [5, 5.41) is 3.32. The van der Waals surface area contributed by atoms with Crippen molar-refractivity contribution in [3.05, 3.63) is 24.6 Å². The van der Waals surface area contributed by atoms with Gasteiger partial charge in [-0.05, 0) is 26.5 Å². The summed E-state index contributed by atoms with van der Waals surface area (Å²) < 4.78 is 0. The average Bonchev–Trinajstić information content (AvgIpc) is 2.00. The third-order valence-electron chi connectivity index (χ3n) is 2.38. The second-order valence-electron chi connectivity index (χ2n) is 3.83. The number of rotatable bonds is 0. The normalized spacial score (nSPS) is 25.6. The zero-order valence-electron chi connectivity index (χ0n) is 8.22. The van der Waals surface area contributed by atoms with E-state index in [1.807, 2.05) is 6.20 Å². The van der Waals surface area contributed by atoms with Gasteiger partial charge in [0.1, 0.15) is 0 Å². The molecule has 1 N–H and O–H groups in total. The molecule has 0 fully saturated rings. The van der Waals surface area contributed by atoms with Gasteiger partial charge in [-0.15, -0.1) is 0 Å². The Balaban J connectivity index is 2.80. The lowest BCUT2D eigenvalue weighted by Gasteiger charge is -2.36. The second kappa shape index (κ2) is 3.21. The van der Waals surface area contributed by atoms with Gasteiger partial charge in [-0.2, -0.15) is 0 Å². The molecule has 0 amide bonds. The molecule has 0 radical (unpaired) electrons. The van der Waals surface area contributed by atoms with Crippen molar-refractivity contribution in [2.45, 2.75) is 25.8 Å². The third-order valence-corrected chi connectivity index (χ3v) is 2.38. The highest BCUT2D eigenvalue weighted by atomic mass is 15.2. The summed E-state index contributed by atoms with van der Waals surface area (Å²) in [6, 6.07) is 0. The van der Waals surface area contributed by atoms with Crippen molar-refractivity contribution < 1.29 is 0 Å². The fourth-order valence-electron chi connectivity index (χ4n) is 1.31. The fraction of sp³-hybridized carbons (Fsp3) is 0.600. The second-order valence-corrected chi connectivity index (χ2v) is 3.83. The molecule has 1 rings (SSSR count). The molecule has 0 atom stereocenters. The molecule has 1 heterocycles. The lowest BCUT2D eigenvalue weighted by Crippen LogP contribution is -2.44. The van der Waals surface area contributed by atoms with Crippen molar-refractivity contribution in [1.29, 1.82) is 0 Å². The van der Waals surface area contributed by atoms with Crippen LogP contribution in [0.4, 0.5) is 0 Å². The maximum Gasteiger partial charge on any atom is 0.0704 e. The maximum absolute atomic E-state index is 4.08. The highest BCUT2D eigenvalue weighted by Gasteiger charge is 2.23. The molecule has 2 heteroatoms. The predicted octanol–water partition coefficient (Wildman–Crippen LogP) is 1.72. The molecular weight excluding hydrogens is 148 g/mol. The van der Waals surface area contributed by atoms with Gasteiger partial charge in [0.25, 0.3) is 0 Å². The molecule has 1 aliphatic rings. The van der Waals surface area contributed by atoms with E-state index in [2.05, 4.69) is 43.8 Å². The van der Waals surface area contributed by atoms with Gasteiger partial charge in [-0.25, -0.2) is 0 Å². The Morgan fingerprint density at radius 1 is 1.58 bits per heavy atom. The Bertz CT molecular complexity index is 204. The summed E-state index contributed by atoms with van der Waals surface area (Å²) in [7, 11) is 2.09. The Kier molecular flexibility index (Phi) is 2.46. The van der Waals surface area contributed by atoms with Crippen LogP contribution in [0.2, 0.25) is 0 Å². The van der Waals surface area contributed by atoms with Crippen molar-refractivity contribution in [2.75, 3.05) is 13.6 Å². The number of nitrogens with zero attached hydrogens (tertiary/aromatic N) is 1. The minimum Gasteiger partial charge on any atom is -0.381 e. The topological polar surface area (TPSA) is 15.3 Å². The number of hydrogen-bond donors (Lipinski definition) is 1. The minimum absolute atomic E-state index is 0.0222. The average molecular weight is 166 g/mol. The van der Waals surface area contributed by atoms with E-state index in [0.29, 0.717) is 0 Å². The molecular formula is C10H18N2. The van der Waals surface area contributed by atoms with Gasteiger partial charge in [0.05, 0.1) is 5.54 Å². The van der Waals surface area contributed by atoms with Gasteiger partial charge in [0.2, 0.25) is 0 Å². The van der Waals surface area contributed by atoms with E-state index >= 15 is 0 Å². The standard InChI is InChI=1S/C10H18N2/c1-9-10(2,3)11-7-5-6-8-12(9)4/h5,7,11H,1,6,8H2,2-4H3/b7-5-. The van der Waals surface area contributed by atoms with Gasteiger partial charge in [0, 0.05) is 19.3 Å². The van der Waals surface area contributed by atoms with Gasteiger partial charge in [0.15, 0.2) is 0 Å². The van der Waals surface area contributed by atoms with Crippen LogP contribution in [0.1, 0.15) is 20.3 Å². The van der Waals surface area contributed by atoms with Crippen molar-refractivity contribution in [1.82, 2.24) is 10.2 Å². The van der Waals surface area contributed by atoms with E-state index in [-0.39, 0.29) is 5.54 Å². The lowest BCUT2D eigenvalue weighted by molar-refractivity contribution is 0.328. The molecule has 12 heavy (non-hydrogen) atoms. The first-order valence-electron chi connectivity index (χ1n) is 4.37. The van der Waals surface area contributed by atoms with Gasteiger partial charge < -0.3 is 10.2 Å². The minimum atomic E-state index is -0.0222. The summed E-state index contributed by atoms with van der Waals surface area (Å²) in [4.78, 5) is 2.20. The first-order chi connectivity index (χ1) is 5.54. The fourth-order valence-corrected chi connectivity index (χ4v) is 1.31. The van der Waals surface area contributed by atoms with E-state index in [0.717, 1.165) is 18.7 Å². The zero-order chi connectivity index (χ0) is 9.19. The molecule has 2 nitrogen and oxygen atoms in total. The molecule has 0 bridgehead atoms. The van der Waals surface area contributed by atoms with Crippen LogP contribution in [0.3, 0.4) is 0 Å². The molecule has 0 saturated carbocycles. The largest absolute Gasteiger partial charge is 0.381 e. The molecule has 0 aromatic carbocycles. The van der Waals surface area contributed by atoms with Crippen LogP contribution >= 0.6 is 0 Å². The van der Waals surface area contributed by atoms with Crippen LogP contribution < -0.4 is 5.32 Å². The highest BCUT2D eigenvalue weighted by molar-refractivity contribution is 5.14. The van der Waals surface area contributed by atoms with E-state index in [9.17, 15) is 0 Å². The van der Waals surface area contributed by atoms with Crippen LogP contribution in [-0.4, -0.2) is 24.0 Å². The van der Waals surface area contributed by atoms with Crippen LogP contribution in [0, 0.1) is 0 Å². The highest BCUT2D eigenvalue weighted by Crippen LogP contribution is 2.18. The summed E-state index contributed by atoms with van der Waals surface area (Å²) in [6.07, 6.45) is 5.27. The van der Waals surface area contributed by atoms with Crippen LogP contribution in [0.15, 0.2) is 24.6 Å². The quantitative estimate of drug-likeness (QED) is 0.589. The van der Waals surface area contributed by atoms with Gasteiger partial charge in [-0.3, -0.25) is 0 Å². The molecule has 0 aliphatic carbocycles.